The number of carbonyl (C=O) groups is 1. The van der Waals surface area contributed by atoms with Crippen molar-refractivity contribution in [3.05, 3.63) is 46.2 Å². The summed E-state index contributed by atoms with van der Waals surface area (Å²) in [7, 11) is 0. The smallest absolute Gasteiger partial charge is 0.303 e. The van der Waals surface area contributed by atoms with Crippen LogP contribution in [0.4, 0.5) is 5.82 Å². The van der Waals surface area contributed by atoms with Crippen LogP contribution < -0.4 is 4.90 Å². The molecule has 0 saturated carbocycles. The first-order valence-corrected chi connectivity index (χ1v) is 13.8. The molecule has 2 saturated heterocycles. The molecule has 4 heterocycles. The van der Waals surface area contributed by atoms with Gasteiger partial charge in [-0.25, -0.2) is 14.6 Å². The summed E-state index contributed by atoms with van der Waals surface area (Å²) in [5, 5.41) is 14.7. The molecule has 1 aromatic carbocycles. The van der Waals surface area contributed by atoms with Crippen molar-refractivity contribution in [2.24, 2.45) is 0 Å². The summed E-state index contributed by atoms with van der Waals surface area (Å²) in [6, 6.07) is 7.18. The van der Waals surface area contributed by atoms with Gasteiger partial charge in [0.15, 0.2) is 5.65 Å². The van der Waals surface area contributed by atoms with Crippen molar-refractivity contribution in [1.82, 2.24) is 24.6 Å². The van der Waals surface area contributed by atoms with Crippen LogP contribution in [-0.4, -0.2) is 66.9 Å². The lowest BCUT2D eigenvalue weighted by Gasteiger charge is -2.43. The molecule has 3 aromatic rings. The number of piperidine rings is 1. The topological polar surface area (TPSA) is 87.4 Å². The van der Waals surface area contributed by atoms with Crippen molar-refractivity contribution < 1.29 is 9.90 Å². The fourth-order valence-electron chi connectivity index (χ4n) is 6.42. The molecular formula is C28H37ClN6O2. The van der Waals surface area contributed by atoms with E-state index in [1.165, 1.54) is 5.56 Å². The Morgan fingerprint density at radius 1 is 1.24 bits per heavy atom. The van der Waals surface area contributed by atoms with Crippen molar-refractivity contribution in [3.8, 4) is 0 Å². The van der Waals surface area contributed by atoms with Gasteiger partial charge in [-0.2, -0.15) is 5.10 Å². The fraction of sp³-hybridized carbons (Fsp3) is 0.571. The highest BCUT2D eigenvalue weighted by molar-refractivity contribution is 6.30. The number of carboxylic acids is 1. The minimum Gasteiger partial charge on any atom is -0.481 e. The number of aromatic nitrogens is 4. The maximum absolute atomic E-state index is 11.1. The molecule has 8 nitrogen and oxygen atoms in total. The molecule has 2 aliphatic rings. The van der Waals surface area contributed by atoms with Crippen molar-refractivity contribution in [1.29, 1.82) is 0 Å². The summed E-state index contributed by atoms with van der Waals surface area (Å²) < 4.78 is 1.99. The van der Waals surface area contributed by atoms with E-state index in [9.17, 15) is 4.79 Å². The van der Waals surface area contributed by atoms with Gasteiger partial charge in [-0.1, -0.05) is 17.7 Å². The number of hydrogen-bond acceptors (Lipinski definition) is 6. The first-order chi connectivity index (χ1) is 17.7. The van der Waals surface area contributed by atoms with Gasteiger partial charge in [0.05, 0.1) is 17.9 Å². The second-order valence-corrected chi connectivity index (χ2v) is 11.2. The number of rotatable bonds is 7. The molecule has 2 aliphatic heterocycles. The van der Waals surface area contributed by atoms with Gasteiger partial charge in [0.2, 0.25) is 0 Å². The lowest BCUT2D eigenvalue weighted by atomic mass is 9.95. The van der Waals surface area contributed by atoms with Gasteiger partial charge in [-0.05, 0) is 89.6 Å². The van der Waals surface area contributed by atoms with Crippen molar-refractivity contribution in [2.75, 3.05) is 18.0 Å². The normalized spacial score (nSPS) is 23.6. The molecule has 4 unspecified atom stereocenters. The second kappa shape index (κ2) is 10.6. The van der Waals surface area contributed by atoms with E-state index >= 15 is 0 Å². The van der Waals surface area contributed by atoms with Crippen molar-refractivity contribution in [3.63, 3.8) is 0 Å². The van der Waals surface area contributed by atoms with E-state index in [0.717, 1.165) is 78.5 Å². The van der Waals surface area contributed by atoms with Gasteiger partial charge >= 0.3 is 5.97 Å². The van der Waals surface area contributed by atoms with Crippen molar-refractivity contribution >= 4 is 34.6 Å². The van der Waals surface area contributed by atoms with Crippen LogP contribution in [0.2, 0.25) is 5.02 Å². The summed E-state index contributed by atoms with van der Waals surface area (Å²) in [5.41, 5.74) is 4.81. The molecule has 2 aromatic heterocycles. The molecule has 9 heteroatoms. The predicted octanol–water partition coefficient (Wildman–Crippen LogP) is 5.39. The Kier molecular flexibility index (Phi) is 7.41. The van der Waals surface area contributed by atoms with Crippen LogP contribution in [0.5, 0.6) is 0 Å². The van der Waals surface area contributed by atoms with Gasteiger partial charge in [-0.15, -0.1) is 0 Å². The fourth-order valence-corrected chi connectivity index (χ4v) is 6.64. The number of fused-ring (bicyclic) bond motifs is 1. The first-order valence-electron chi connectivity index (χ1n) is 13.4. The van der Waals surface area contributed by atoms with Crippen molar-refractivity contribution in [2.45, 2.75) is 90.4 Å². The molecule has 198 valence electrons. The Bertz CT molecular complexity index is 1290. The van der Waals surface area contributed by atoms with Crippen LogP contribution in [0, 0.1) is 13.8 Å². The SMILES string of the molecule is Cc1cc(Cl)ccc1C(C)n1nc(C)c2ncc(N3CCC(N4CCCC4CCC(=O)O)CC3C)nc21. The van der Waals surface area contributed by atoms with Crippen LogP contribution in [0.1, 0.15) is 75.2 Å². The summed E-state index contributed by atoms with van der Waals surface area (Å²) in [6.45, 7) is 10.5. The molecule has 0 radical (unpaired) electrons. The van der Waals surface area contributed by atoms with E-state index in [1.807, 2.05) is 29.9 Å². The quantitative estimate of drug-likeness (QED) is 0.443. The molecule has 4 atom stereocenters. The molecular weight excluding hydrogens is 488 g/mol. The number of likely N-dealkylation sites (tertiary alicyclic amines) is 1. The second-order valence-electron chi connectivity index (χ2n) is 10.8. The van der Waals surface area contributed by atoms with Crippen LogP contribution in [0.3, 0.4) is 0 Å². The van der Waals surface area contributed by atoms with Gasteiger partial charge in [0, 0.05) is 36.1 Å². The Hall–Kier alpha value is -2.71. The molecule has 2 fully saturated rings. The molecule has 0 amide bonds. The highest BCUT2D eigenvalue weighted by atomic mass is 35.5. The number of benzene rings is 1. The molecule has 5 rings (SSSR count). The Labute approximate surface area is 223 Å². The Balaban J connectivity index is 1.36. The van der Waals surface area contributed by atoms with E-state index in [4.69, 9.17) is 31.8 Å². The van der Waals surface area contributed by atoms with Crippen LogP contribution in [0.15, 0.2) is 24.4 Å². The third-order valence-corrected chi connectivity index (χ3v) is 8.57. The lowest BCUT2D eigenvalue weighted by molar-refractivity contribution is -0.137. The number of anilines is 1. The summed E-state index contributed by atoms with van der Waals surface area (Å²) >= 11 is 6.20. The zero-order valence-corrected chi connectivity index (χ0v) is 22.9. The molecule has 0 spiro atoms. The number of aliphatic carboxylic acids is 1. The number of hydrogen-bond donors (Lipinski definition) is 1. The van der Waals surface area contributed by atoms with Crippen LogP contribution >= 0.6 is 11.6 Å². The first kappa shape index (κ1) is 25.9. The van der Waals surface area contributed by atoms with Gasteiger partial charge in [-0.3, -0.25) is 9.69 Å². The third-order valence-electron chi connectivity index (χ3n) is 8.33. The van der Waals surface area contributed by atoms with E-state index in [2.05, 4.69) is 36.6 Å². The zero-order valence-electron chi connectivity index (χ0n) is 22.2. The predicted molar refractivity (Wildman–Crippen MR) is 146 cm³/mol. The molecule has 0 aliphatic carbocycles. The van der Waals surface area contributed by atoms with E-state index < -0.39 is 5.97 Å². The van der Waals surface area contributed by atoms with Crippen LogP contribution in [0.25, 0.3) is 11.2 Å². The maximum atomic E-state index is 11.1. The number of nitrogens with zero attached hydrogens (tertiary/aromatic N) is 6. The minimum atomic E-state index is -0.695. The highest BCUT2D eigenvalue weighted by Crippen LogP contribution is 2.33. The number of aryl methyl sites for hydroxylation is 2. The van der Waals surface area contributed by atoms with E-state index in [-0.39, 0.29) is 12.5 Å². The Morgan fingerprint density at radius 3 is 2.78 bits per heavy atom. The highest BCUT2D eigenvalue weighted by Gasteiger charge is 2.36. The average Bonchev–Trinajstić information content (AvgIpc) is 3.46. The molecule has 1 N–H and O–H groups in total. The number of halogens is 1. The monoisotopic (exact) mass is 524 g/mol. The number of carboxylic acid groups (broad SMARTS) is 1. The zero-order chi connectivity index (χ0) is 26.3. The van der Waals surface area contributed by atoms with Gasteiger partial charge in [0.25, 0.3) is 0 Å². The Morgan fingerprint density at radius 2 is 2.05 bits per heavy atom. The minimum absolute atomic E-state index is 0.000853. The average molecular weight is 525 g/mol. The largest absolute Gasteiger partial charge is 0.481 e. The van der Waals surface area contributed by atoms with E-state index in [1.54, 1.807) is 0 Å². The molecule has 37 heavy (non-hydrogen) atoms. The maximum Gasteiger partial charge on any atom is 0.303 e. The van der Waals surface area contributed by atoms with Crippen LogP contribution in [-0.2, 0) is 4.79 Å². The lowest BCUT2D eigenvalue weighted by Crippen LogP contribution is -2.50. The standard InChI is InChI=1S/C28H37ClN6O2/c1-17-14-21(29)7-9-24(17)20(4)35-28-27(19(3)32-35)30-16-25(31-28)33-13-11-23(15-18(33)2)34-12-5-6-22(34)8-10-26(36)37/h7,9,14,16,18,20,22-23H,5-6,8,10-13,15H2,1-4H3,(H,36,37). The van der Waals surface area contributed by atoms with Gasteiger partial charge in [0.1, 0.15) is 11.3 Å². The third kappa shape index (κ3) is 5.18. The summed E-state index contributed by atoms with van der Waals surface area (Å²) in [4.78, 5) is 26.0. The van der Waals surface area contributed by atoms with Gasteiger partial charge < -0.3 is 10.0 Å². The van der Waals surface area contributed by atoms with E-state index in [0.29, 0.717) is 18.1 Å². The molecule has 0 bridgehead atoms. The summed E-state index contributed by atoms with van der Waals surface area (Å²) in [6.07, 6.45) is 7.26. The summed E-state index contributed by atoms with van der Waals surface area (Å²) in [5.74, 6) is 0.197.